The van der Waals surface area contributed by atoms with Crippen molar-refractivity contribution in [1.82, 2.24) is 4.90 Å². The number of nitrogens with zero attached hydrogens (tertiary/aromatic N) is 1. The molecule has 6 nitrogen and oxygen atoms in total. The number of benzene rings is 1. The molecule has 0 spiro atoms. The molecule has 1 aliphatic rings. The lowest BCUT2D eigenvalue weighted by atomic mass is 10.1. The second kappa shape index (κ2) is 7.40. The zero-order valence-corrected chi connectivity index (χ0v) is 12.2. The number of rotatable bonds is 5. The van der Waals surface area contributed by atoms with Crippen LogP contribution in [-0.2, 0) is 25.5 Å². The molecule has 1 aliphatic heterocycles. The second-order valence-electron chi connectivity index (χ2n) is 4.71. The fourth-order valence-electron chi connectivity index (χ4n) is 2.18. The van der Waals surface area contributed by atoms with Crippen LogP contribution in [0.5, 0.6) is 0 Å². The highest BCUT2D eigenvalue weighted by atomic mass is 16.6. The third-order valence-electron chi connectivity index (χ3n) is 3.16. The molecule has 0 bridgehead atoms. The van der Waals surface area contributed by atoms with Crippen LogP contribution in [0.4, 0.5) is 4.79 Å². The van der Waals surface area contributed by atoms with E-state index in [0.29, 0.717) is 6.42 Å². The predicted molar refractivity (Wildman–Crippen MR) is 77.9 cm³/mol. The van der Waals surface area contributed by atoms with Crippen LogP contribution < -0.4 is 0 Å². The van der Waals surface area contributed by atoms with Gasteiger partial charge in [0.15, 0.2) is 0 Å². The standard InChI is InChI=1S/C16H17NO5/c1-2-21-15(19)9-8-14(18)17-13(11-22-16(17)20)10-12-6-4-3-5-7-12/h3-9,13H,2,10-11H2,1H3/b9-8+/t13-/m0/s1. The minimum atomic E-state index is -0.695. The van der Waals surface area contributed by atoms with Crippen molar-refractivity contribution in [3.63, 3.8) is 0 Å². The van der Waals surface area contributed by atoms with Crippen LogP contribution in [0.15, 0.2) is 42.5 Å². The molecule has 22 heavy (non-hydrogen) atoms. The summed E-state index contributed by atoms with van der Waals surface area (Å²) in [6.45, 7) is 2.04. The van der Waals surface area contributed by atoms with E-state index in [1.165, 1.54) is 0 Å². The lowest BCUT2D eigenvalue weighted by molar-refractivity contribution is -0.137. The molecule has 0 N–H and O–H groups in total. The van der Waals surface area contributed by atoms with E-state index in [-0.39, 0.29) is 19.3 Å². The number of amides is 2. The second-order valence-corrected chi connectivity index (χ2v) is 4.71. The first-order valence-electron chi connectivity index (χ1n) is 7.00. The van der Waals surface area contributed by atoms with E-state index in [0.717, 1.165) is 22.6 Å². The first kappa shape index (κ1) is 15.8. The number of hydrogen-bond acceptors (Lipinski definition) is 5. The van der Waals surface area contributed by atoms with Crippen LogP contribution in [-0.4, -0.2) is 42.1 Å². The van der Waals surface area contributed by atoms with Gasteiger partial charge in [-0.3, -0.25) is 4.79 Å². The topological polar surface area (TPSA) is 72.9 Å². The van der Waals surface area contributed by atoms with Gasteiger partial charge in [-0.05, 0) is 18.9 Å². The first-order valence-corrected chi connectivity index (χ1v) is 7.00. The molecule has 2 amide bonds. The maximum absolute atomic E-state index is 12.1. The van der Waals surface area contributed by atoms with Crippen molar-refractivity contribution in [2.24, 2.45) is 0 Å². The zero-order valence-electron chi connectivity index (χ0n) is 12.2. The van der Waals surface area contributed by atoms with Gasteiger partial charge in [0.1, 0.15) is 6.61 Å². The molecule has 6 heteroatoms. The molecule has 1 fully saturated rings. The van der Waals surface area contributed by atoms with Crippen molar-refractivity contribution in [2.75, 3.05) is 13.2 Å². The molecule has 1 atom stereocenters. The molecule has 116 valence electrons. The highest BCUT2D eigenvalue weighted by Gasteiger charge is 2.36. The average molecular weight is 303 g/mol. The van der Waals surface area contributed by atoms with E-state index in [1.807, 2.05) is 30.3 Å². The first-order chi connectivity index (χ1) is 10.6. The van der Waals surface area contributed by atoms with Gasteiger partial charge < -0.3 is 9.47 Å². The third kappa shape index (κ3) is 3.94. The van der Waals surface area contributed by atoms with Gasteiger partial charge >= 0.3 is 12.1 Å². The van der Waals surface area contributed by atoms with E-state index in [2.05, 4.69) is 0 Å². The maximum atomic E-state index is 12.1. The molecule has 0 radical (unpaired) electrons. The Morgan fingerprint density at radius 1 is 1.32 bits per heavy atom. The minimum Gasteiger partial charge on any atom is -0.463 e. The molecule has 1 aromatic rings. The van der Waals surface area contributed by atoms with Crippen molar-refractivity contribution >= 4 is 18.0 Å². The summed E-state index contributed by atoms with van der Waals surface area (Å²) in [5.41, 5.74) is 0.998. The fraction of sp³-hybridized carbons (Fsp3) is 0.312. The normalized spacial score (nSPS) is 17.6. The van der Waals surface area contributed by atoms with Crippen molar-refractivity contribution in [3.8, 4) is 0 Å². The molecule has 0 aromatic heterocycles. The number of esters is 1. The van der Waals surface area contributed by atoms with Gasteiger partial charge in [0.25, 0.3) is 5.91 Å². The number of imide groups is 1. The van der Waals surface area contributed by atoms with E-state index in [4.69, 9.17) is 9.47 Å². The number of carbonyl (C=O) groups is 3. The largest absolute Gasteiger partial charge is 0.463 e. The smallest absolute Gasteiger partial charge is 0.417 e. The summed E-state index contributed by atoms with van der Waals surface area (Å²) in [4.78, 5) is 36.1. The van der Waals surface area contributed by atoms with Crippen LogP contribution in [0, 0.1) is 0 Å². The quantitative estimate of drug-likeness (QED) is 0.611. The fourth-order valence-corrected chi connectivity index (χ4v) is 2.18. The molecule has 0 saturated carbocycles. The van der Waals surface area contributed by atoms with E-state index in [9.17, 15) is 14.4 Å². The SMILES string of the molecule is CCOC(=O)/C=C/C(=O)N1C(=O)OC[C@@H]1Cc1ccccc1. The van der Waals surface area contributed by atoms with Crippen molar-refractivity contribution in [2.45, 2.75) is 19.4 Å². The Hall–Kier alpha value is -2.63. The molecule has 0 unspecified atom stereocenters. The molecule has 1 aromatic carbocycles. The number of ether oxygens (including phenoxy) is 2. The highest BCUT2D eigenvalue weighted by Crippen LogP contribution is 2.17. The average Bonchev–Trinajstić information content (AvgIpc) is 2.87. The van der Waals surface area contributed by atoms with Crippen LogP contribution in [0.25, 0.3) is 0 Å². The maximum Gasteiger partial charge on any atom is 0.417 e. The van der Waals surface area contributed by atoms with Gasteiger partial charge in [0.05, 0.1) is 12.6 Å². The summed E-state index contributed by atoms with van der Waals surface area (Å²) < 4.78 is 9.63. The van der Waals surface area contributed by atoms with E-state index >= 15 is 0 Å². The lowest BCUT2D eigenvalue weighted by Crippen LogP contribution is -2.39. The summed E-state index contributed by atoms with van der Waals surface area (Å²) in [7, 11) is 0. The summed E-state index contributed by atoms with van der Waals surface area (Å²) in [6, 6.07) is 9.12. The van der Waals surface area contributed by atoms with Crippen LogP contribution in [0.3, 0.4) is 0 Å². The van der Waals surface area contributed by atoms with Crippen LogP contribution >= 0.6 is 0 Å². The predicted octanol–water partition coefficient (Wildman–Crippen LogP) is 1.70. The van der Waals surface area contributed by atoms with E-state index in [1.54, 1.807) is 6.92 Å². The summed E-state index contributed by atoms with van der Waals surface area (Å²) in [5.74, 6) is -1.21. The Kier molecular flexibility index (Phi) is 5.30. The Balaban J connectivity index is 2.04. The van der Waals surface area contributed by atoms with Crippen molar-refractivity contribution in [1.29, 1.82) is 0 Å². The minimum absolute atomic E-state index is 0.146. The highest BCUT2D eigenvalue weighted by molar-refractivity contribution is 6.02. The molecule has 1 saturated heterocycles. The van der Waals surface area contributed by atoms with Crippen LogP contribution in [0.1, 0.15) is 12.5 Å². The zero-order chi connectivity index (χ0) is 15.9. The Morgan fingerprint density at radius 3 is 2.73 bits per heavy atom. The molecule has 0 aliphatic carbocycles. The van der Waals surface area contributed by atoms with E-state index < -0.39 is 18.0 Å². The van der Waals surface area contributed by atoms with Gasteiger partial charge in [0, 0.05) is 12.2 Å². The lowest BCUT2D eigenvalue weighted by Gasteiger charge is -2.17. The molecule has 2 rings (SSSR count). The van der Waals surface area contributed by atoms with Gasteiger partial charge in [-0.15, -0.1) is 0 Å². The van der Waals surface area contributed by atoms with Crippen molar-refractivity contribution in [3.05, 3.63) is 48.0 Å². The molecule has 1 heterocycles. The van der Waals surface area contributed by atoms with Gasteiger partial charge in [-0.25, -0.2) is 14.5 Å². The van der Waals surface area contributed by atoms with Gasteiger partial charge in [-0.1, -0.05) is 30.3 Å². The number of cyclic esters (lactones) is 1. The third-order valence-corrected chi connectivity index (χ3v) is 3.16. The summed E-state index contributed by atoms with van der Waals surface area (Å²) in [5, 5.41) is 0. The summed E-state index contributed by atoms with van der Waals surface area (Å²) >= 11 is 0. The Labute approximate surface area is 128 Å². The number of hydrogen-bond donors (Lipinski definition) is 0. The van der Waals surface area contributed by atoms with Gasteiger partial charge in [0.2, 0.25) is 0 Å². The van der Waals surface area contributed by atoms with Crippen molar-refractivity contribution < 1.29 is 23.9 Å². The van der Waals surface area contributed by atoms with Gasteiger partial charge in [-0.2, -0.15) is 0 Å². The Morgan fingerprint density at radius 2 is 2.05 bits per heavy atom. The number of carbonyl (C=O) groups excluding carboxylic acids is 3. The molecular formula is C16H17NO5. The summed E-state index contributed by atoms with van der Waals surface area (Å²) in [6.07, 6.45) is 1.85. The Bertz CT molecular complexity index is 581. The monoisotopic (exact) mass is 303 g/mol. The van der Waals surface area contributed by atoms with Crippen LogP contribution in [0.2, 0.25) is 0 Å². The molecular weight excluding hydrogens is 286 g/mol.